The Balaban J connectivity index is 1.82. The van der Waals surface area contributed by atoms with Gasteiger partial charge in [-0.25, -0.2) is 23.1 Å². The molecule has 1 amide bonds. The number of hydrogen-bond donors (Lipinski definition) is 3. The SMILES string of the molecule is CNS(=O)(=O)Nc1cccc(Cc2c(CN3CCNCC3)c3cc(F)c(OC(=O)N(C)C)cc3oc2=O)c1F. The monoisotopic (exact) mass is 565 g/mol. The smallest absolute Gasteiger partial charge is 0.414 e. The summed E-state index contributed by atoms with van der Waals surface area (Å²) in [7, 11) is 0.0771. The number of rotatable bonds is 8. The summed E-state index contributed by atoms with van der Waals surface area (Å²) in [6.45, 7) is 3.02. The number of nitrogens with one attached hydrogen (secondary N) is 3. The van der Waals surface area contributed by atoms with Crippen molar-refractivity contribution in [2.24, 2.45) is 0 Å². The van der Waals surface area contributed by atoms with E-state index in [1.54, 1.807) is 0 Å². The first-order valence-corrected chi connectivity index (χ1v) is 13.6. The van der Waals surface area contributed by atoms with Crippen molar-refractivity contribution in [3.05, 3.63) is 69.1 Å². The highest BCUT2D eigenvalue weighted by atomic mass is 32.2. The quantitative estimate of drug-likeness (QED) is 0.354. The third kappa shape index (κ3) is 6.53. The maximum Gasteiger partial charge on any atom is 0.414 e. The van der Waals surface area contributed by atoms with E-state index in [4.69, 9.17) is 9.15 Å². The van der Waals surface area contributed by atoms with Gasteiger partial charge in [0.15, 0.2) is 17.4 Å². The molecule has 11 nitrogen and oxygen atoms in total. The standard InChI is InChI=1S/C25H29F2N5O6S/c1-28-39(35,36)30-20-6-4-5-15(23(20)27)11-17-18(14-32-9-7-29-8-10-32)16-12-19(26)22(38-25(34)31(2)3)13-21(16)37-24(17)33/h4-6,12-13,28-30H,7-11,14H2,1-3H3. The van der Waals surface area contributed by atoms with Crippen LogP contribution in [0, 0.1) is 11.6 Å². The van der Waals surface area contributed by atoms with Gasteiger partial charge < -0.3 is 19.4 Å². The number of nitrogens with zero attached hydrogens (tertiary/aromatic N) is 2. The molecule has 0 aliphatic carbocycles. The molecule has 1 saturated heterocycles. The molecule has 4 rings (SSSR count). The van der Waals surface area contributed by atoms with Crippen molar-refractivity contribution in [2.75, 3.05) is 52.0 Å². The van der Waals surface area contributed by atoms with Crippen molar-refractivity contribution in [1.82, 2.24) is 19.8 Å². The van der Waals surface area contributed by atoms with Crippen LogP contribution in [0.3, 0.4) is 0 Å². The van der Waals surface area contributed by atoms with Gasteiger partial charge in [0.05, 0.1) is 5.69 Å². The molecule has 3 aromatic rings. The highest BCUT2D eigenvalue weighted by molar-refractivity contribution is 7.90. The lowest BCUT2D eigenvalue weighted by Gasteiger charge is -2.28. The maximum atomic E-state index is 15.3. The van der Waals surface area contributed by atoms with Gasteiger partial charge in [-0.15, -0.1) is 0 Å². The predicted octanol–water partition coefficient (Wildman–Crippen LogP) is 2.00. The predicted molar refractivity (Wildman–Crippen MR) is 141 cm³/mol. The fraction of sp³-hybridized carbons (Fsp3) is 0.360. The Morgan fingerprint density at radius 1 is 1.18 bits per heavy atom. The number of ether oxygens (including phenoxy) is 1. The average molecular weight is 566 g/mol. The molecule has 1 aliphatic heterocycles. The second-order valence-electron chi connectivity index (χ2n) is 9.18. The maximum absolute atomic E-state index is 15.3. The topological polar surface area (TPSA) is 133 Å². The Morgan fingerprint density at radius 2 is 1.90 bits per heavy atom. The van der Waals surface area contributed by atoms with Gasteiger partial charge in [0.1, 0.15) is 5.58 Å². The van der Waals surface area contributed by atoms with Crippen molar-refractivity contribution < 1.29 is 31.1 Å². The minimum atomic E-state index is -3.99. The van der Waals surface area contributed by atoms with Crippen LogP contribution in [0.2, 0.25) is 0 Å². The van der Waals surface area contributed by atoms with Crippen molar-refractivity contribution in [3.63, 3.8) is 0 Å². The molecule has 0 spiro atoms. The molecule has 1 fully saturated rings. The lowest BCUT2D eigenvalue weighted by molar-refractivity contribution is 0.170. The Hall–Kier alpha value is -3.59. The molecular formula is C25H29F2N5O6S. The number of fused-ring (bicyclic) bond motifs is 1. The van der Waals surface area contributed by atoms with E-state index in [-0.39, 0.29) is 40.7 Å². The fourth-order valence-corrected chi connectivity index (χ4v) is 4.75. The van der Waals surface area contributed by atoms with E-state index in [2.05, 4.69) is 14.9 Å². The Morgan fingerprint density at radius 3 is 2.56 bits per heavy atom. The molecule has 2 heterocycles. The van der Waals surface area contributed by atoms with E-state index in [1.807, 2.05) is 4.72 Å². The second kappa shape index (κ2) is 11.7. The number of amides is 1. The number of piperazine rings is 1. The largest absolute Gasteiger partial charge is 0.422 e. The normalized spacial score (nSPS) is 14.4. The third-order valence-electron chi connectivity index (χ3n) is 6.29. The molecule has 0 saturated carbocycles. The van der Waals surface area contributed by atoms with Crippen LogP contribution in [0.1, 0.15) is 16.7 Å². The molecule has 1 aliphatic rings. The first-order valence-electron chi connectivity index (χ1n) is 12.1. The lowest BCUT2D eigenvalue weighted by atomic mass is 9.97. The lowest BCUT2D eigenvalue weighted by Crippen LogP contribution is -2.43. The summed E-state index contributed by atoms with van der Waals surface area (Å²) >= 11 is 0. The number of hydrogen-bond acceptors (Lipinski definition) is 8. The Kier molecular flexibility index (Phi) is 8.49. The van der Waals surface area contributed by atoms with Crippen molar-refractivity contribution in [3.8, 4) is 5.75 Å². The summed E-state index contributed by atoms with van der Waals surface area (Å²) in [6.07, 6.45) is -1.04. The van der Waals surface area contributed by atoms with E-state index in [0.717, 1.165) is 30.1 Å². The van der Waals surface area contributed by atoms with Crippen LogP contribution in [-0.4, -0.2) is 71.6 Å². The Labute approximate surface area is 223 Å². The summed E-state index contributed by atoms with van der Waals surface area (Å²) in [5.41, 5.74) is -0.484. The van der Waals surface area contributed by atoms with Crippen molar-refractivity contribution >= 4 is 33.0 Å². The van der Waals surface area contributed by atoms with E-state index in [1.165, 1.54) is 39.3 Å². The molecule has 0 radical (unpaired) electrons. The number of carbonyl (C=O) groups excluding carboxylic acids is 1. The number of halogens is 2. The van der Waals surface area contributed by atoms with Crippen LogP contribution in [-0.2, 0) is 23.2 Å². The number of carbonyl (C=O) groups is 1. The Bertz CT molecular complexity index is 1550. The molecule has 14 heteroatoms. The van der Waals surface area contributed by atoms with Gasteiger partial charge in [-0.1, -0.05) is 12.1 Å². The van der Waals surface area contributed by atoms with Crippen molar-refractivity contribution in [2.45, 2.75) is 13.0 Å². The molecule has 210 valence electrons. The van der Waals surface area contributed by atoms with Gasteiger partial charge in [-0.3, -0.25) is 9.62 Å². The summed E-state index contributed by atoms with van der Waals surface area (Å²) < 4.78 is 69.0. The average Bonchev–Trinajstić information content (AvgIpc) is 2.89. The molecule has 0 bridgehead atoms. The van der Waals surface area contributed by atoms with E-state index >= 15 is 8.78 Å². The summed E-state index contributed by atoms with van der Waals surface area (Å²) in [5.74, 6) is -2.10. The minimum Gasteiger partial charge on any atom is -0.422 e. The van der Waals surface area contributed by atoms with Crippen LogP contribution in [0.15, 0.2) is 39.5 Å². The molecule has 0 unspecified atom stereocenters. The number of benzene rings is 2. The zero-order chi connectivity index (χ0) is 28.3. The molecule has 3 N–H and O–H groups in total. The molecule has 0 atom stereocenters. The van der Waals surface area contributed by atoms with Crippen LogP contribution >= 0.6 is 0 Å². The van der Waals surface area contributed by atoms with Gasteiger partial charge in [0.2, 0.25) is 0 Å². The molecule has 39 heavy (non-hydrogen) atoms. The molecule has 2 aromatic carbocycles. The first kappa shape index (κ1) is 28.4. The summed E-state index contributed by atoms with van der Waals surface area (Å²) in [6, 6.07) is 6.41. The third-order valence-corrected chi connectivity index (χ3v) is 7.31. The highest BCUT2D eigenvalue weighted by Gasteiger charge is 2.23. The van der Waals surface area contributed by atoms with Crippen LogP contribution in [0.25, 0.3) is 11.0 Å². The minimum absolute atomic E-state index is 0.00726. The van der Waals surface area contributed by atoms with Crippen LogP contribution in [0.4, 0.5) is 19.3 Å². The zero-order valence-electron chi connectivity index (χ0n) is 21.6. The molecular weight excluding hydrogens is 536 g/mol. The zero-order valence-corrected chi connectivity index (χ0v) is 22.5. The van der Waals surface area contributed by atoms with Gasteiger partial charge in [0.25, 0.3) is 10.2 Å². The second-order valence-corrected chi connectivity index (χ2v) is 10.8. The fourth-order valence-electron chi connectivity index (χ4n) is 4.20. The van der Waals surface area contributed by atoms with E-state index < -0.39 is 39.3 Å². The van der Waals surface area contributed by atoms with Gasteiger partial charge >= 0.3 is 11.7 Å². The van der Waals surface area contributed by atoms with Crippen LogP contribution in [0.5, 0.6) is 5.75 Å². The van der Waals surface area contributed by atoms with E-state index in [9.17, 15) is 18.0 Å². The van der Waals surface area contributed by atoms with Gasteiger partial charge in [-0.2, -0.15) is 8.42 Å². The van der Waals surface area contributed by atoms with E-state index in [0.29, 0.717) is 18.7 Å². The van der Waals surface area contributed by atoms with Gasteiger partial charge in [0, 0.05) is 77.3 Å². The summed E-state index contributed by atoms with van der Waals surface area (Å²) in [5, 5.41) is 3.51. The summed E-state index contributed by atoms with van der Waals surface area (Å²) in [4.78, 5) is 28.4. The molecule has 1 aromatic heterocycles. The van der Waals surface area contributed by atoms with Gasteiger partial charge in [-0.05, 0) is 23.3 Å². The first-order chi connectivity index (χ1) is 18.5. The van der Waals surface area contributed by atoms with Crippen molar-refractivity contribution in [1.29, 1.82) is 0 Å². The number of anilines is 1. The van der Waals surface area contributed by atoms with Crippen LogP contribution < -0.4 is 25.1 Å². The highest BCUT2D eigenvalue weighted by Crippen LogP contribution is 2.31.